The van der Waals surface area contributed by atoms with Gasteiger partial charge in [-0.15, -0.1) is 0 Å². The quantitative estimate of drug-likeness (QED) is 0.252. The van der Waals surface area contributed by atoms with Crippen molar-refractivity contribution in [1.82, 2.24) is 54.6 Å². The molecule has 6 aromatic rings. The number of nitrogens with zero attached hydrogens (tertiary/aromatic N) is 9. The van der Waals surface area contributed by atoms with E-state index >= 15 is 4.39 Å². The van der Waals surface area contributed by atoms with Crippen LogP contribution in [0, 0.1) is 0 Å². The number of hydrogen-bond donors (Lipinski definition) is 2. The number of pyridine rings is 4. The van der Waals surface area contributed by atoms with Crippen LogP contribution in [-0.4, -0.2) is 94.8 Å². The number of carbonyl (C=O) groups excluding carboxylic acids is 1. The van der Waals surface area contributed by atoms with E-state index in [1.54, 1.807) is 17.3 Å². The van der Waals surface area contributed by atoms with E-state index in [0.29, 0.717) is 32.2 Å². The number of fused-ring (bicyclic) bond motifs is 2. The lowest BCUT2D eigenvalue weighted by molar-refractivity contribution is -0.147. The molecular formula is C38H42FN11O. The number of halogens is 1. The SMILES string of the molecule is O=C(N1CCC(n2c(-c3ccccn3)nc3cccnc32)CC1)C1(F)CCNCC1.c1ccc(-c2nc3cccnc3n2C2CCNCC2)nc1. The first-order chi connectivity index (χ1) is 25.1. The summed E-state index contributed by atoms with van der Waals surface area (Å²) >= 11 is 0. The zero-order chi connectivity index (χ0) is 34.6. The molecule has 0 unspecified atom stereocenters. The zero-order valence-corrected chi connectivity index (χ0v) is 28.5. The molecule has 0 saturated carbocycles. The third-order valence-corrected chi connectivity index (χ3v) is 10.3. The summed E-state index contributed by atoms with van der Waals surface area (Å²) in [6.07, 6.45) is 11.4. The molecule has 9 rings (SSSR count). The fourth-order valence-electron chi connectivity index (χ4n) is 7.61. The third kappa shape index (κ3) is 6.71. The van der Waals surface area contributed by atoms with E-state index in [-0.39, 0.29) is 24.8 Å². The molecule has 0 aromatic carbocycles. The summed E-state index contributed by atoms with van der Waals surface area (Å²) in [4.78, 5) is 42.2. The molecule has 3 aliphatic heterocycles. The van der Waals surface area contributed by atoms with Crippen molar-refractivity contribution in [2.75, 3.05) is 39.3 Å². The Morgan fingerprint density at radius 1 is 0.627 bits per heavy atom. The zero-order valence-electron chi connectivity index (χ0n) is 28.5. The molecule has 262 valence electrons. The van der Waals surface area contributed by atoms with Gasteiger partial charge in [-0.3, -0.25) is 14.8 Å². The van der Waals surface area contributed by atoms with Crippen LogP contribution in [-0.2, 0) is 4.79 Å². The number of aromatic nitrogens is 8. The number of nitrogens with one attached hydrogen (secondary N) is 2. The van der Waals surface area contributed by atoms with E-state index in [2.05, 4.69) is 39.7 Å². The lowest BCUT2D eigenvalue weighted by Gasteiger charge is -2.38. The van der Waals surface area contributed by atoms with Crippen molar-refractivity contribution in [3.8, 4) is 23.0 Å². The van der Waals surface area contributed by atoms with Crippen molar-refractivity contribution in [2.24, 2.45) is 0 Å². The van der Waals surface area contributed by atoms with Crippen LogP contribution in [0.5, 0.6) is 0 Å². The first kappa shape index (κ1) is 33.0. The highest BCUT2D eigenvalue weighted by Gasteiger charge is 2.43. The molecule has 13 heteroatoms. The molecule has 6 aromatic heterocycles. The van der Waals surface area contributed by atoms with Gasteiger partial charge in [-0.25, -0.2) is 24.3 Å². The number of likely N-dealkylation sites (tertiary alicyclic amines) is 1. The average Bonchev–Trinajstić information content (AvgIpc) is 3.79. The first-order valence-corrected chi connectivity index (χ1v) is 18.0. The summed E-state index contributed by atoms with van der Waals surface area (Å²) in [6, 6.07) is 20.1. The van der Waals surface area contributed by atoms with Crippen molar-refractivity contribution in [2.45, 2.75) is 56.3 Å². The van der Waals surface area contributed by atoms with Crippen molar-refractivity contribution < 1.29 is 9.18 Å². The Balaban J connectivity index is 0.000000156. The van der Waals surface area contributed by atoms with Gasteiger partial charge in [0.15, 0.2) is 28.6 Å². The van der Waals surface area contributed by atoms with Gasteiger partial charge in [0.25, 0.3) is 5.91 Å². The molecule has 0 atom stereocenters. The van der Waals surface area contributed by atoms with Crippen LogP contribution in [0.2, 0.25) is 0 Å². The Labute approximate surface area is 295 Å². The van der Waals surface area contributed by atoms with E-state index in [0.717, 1.165) is 84.1 Å². The van der Waals surface area contributed by atoms with E-state index < -0.39 is 5.67 Å². The van der Waals surface area contributed by atoms with Gasteiger partial charge in [0.2, 0.25) is 0 Å². The Hall–Kier alpha value is -5.14. The third-order valence-electron chi connectivity index (χ3n) is 10.3. The number of alkyl halides is 1. The largest absolute Gasteiger partial charge is 0.340 e. The molecule has 1 amide bonds. The molecule has 51 heavy (non-hydrogen) atoms. The van der Waals surface area contributed by atoms with E-state index in [9.17, 15) is 4.79 Å². The second-order valence-electron chi connectivity index (χ2n) is 13.5. The van der Waals surface area contributed by atoms with Gasteiger partial charge in [0, 0.05) is 62.8 Å². The Morgan fingerprint density at radius 3 is 1.63 bits per heavy atom. The molecule has 0 radical (unpaired) electrons. The van der Waals surface area contributed by atoms with Crippen molar-refractivity contribution in [1.29, 1.82) is 0 Å². The standard InChI is InChI=1S/C22H25FN6O.C16H17N5/c23-22(8-12-24-13-9-22)21(30)28-14-6-16(7-15-28)29-19-18(5-3-11-26-19)27-20(29)17-4-1-2-10-25-17;1-2-8-18-13(4-1)16-20-14-5-3-9-19-15(14)21(16)12-6-10-17-11-7-12/h1-5,10-11,16,24H,6-9,12-15H2;1-5,8-9,12,17H,6-7,10-11H2. The second kappa shape index (κ2) is 14.6. The van der Waals surface area contributed by atoms with Crippen LogP contribution in [0.25, 0.3) is 45.4 Å². The lowest BCUT2D eigenvalue weighted by Crippen LogP contribution is -2.53. The van der Waals surface area contributed by atoms with E-state index in [1.807, 2.05) is 73.1 Å². The number of amides is 1. The summed E-state index contributed by atoms with van der Waals surface area (Å²) in [5.41, 5.74) is 3.54. The van der Waals surface area contributed by atoms with Crippen LogP contribution in [0.4, 0.5) is 4.39 Å². The molecule has 2 N–H and O–H groups in total. The number of hydrogen-bond acceptors (Lipinski definition) is 9. The fraction of sp³-hybridized carbons (Fsp3) is 0.395. The van der Waals surface area contributed by atoms with Crippen LogP contribution in [0.1, 0.15) is 50.6 Å². The highest BCUT2D eigenvalue weighted by molar-refractivity contribution is 5.85. The van der Waals surface area contributed by atoms with Crippen molar-refractivity contribution >= 4 is 28.2 Å². The number of piperidine rings is 3. The first-order valence-electron chi connectivity index (χ1n) is 18.0. The maximum absolute atomic E-state index is 15.2. The molecule has 12 nitrogen and oxygen atoms in total. The summed E-state index contributed by atoms with van der Waals surface area (Å²) in [6.45, 7) is 4.27. The summed E-state index contributed by atoms with van der Waals surface area (Å²) in [7, 11) is 0. The number of rotatable bonds is 5. The van der Waals surface area contributed by atoms with Crippen LogP contribution < -0.4 is 10.6 Å². The van der Waals surface area contributed by atoms with Gasteiger partial charge >= 0.3 is 0 Å². The predicted molar refractivity (Wildman–Crippen MR) is 193 cm³/mol. The molecular weight excluding hydrogens is 645 g/mol. The highest BCUT2D eigenvalue weighted by Crippen LogP contribution is 2.34. The molecule has 3 saturated heterocycles. The summed E-state index contributed by atoms with van der Waals surface area (Å²) in [5, 5.41) is 6.54. The summed E-state index contributed by atoms with van der Waals surface area (Å²) < 4.78 is 19.6. The average molecular weight is 688 g/mol. The van der Waals surface area contributed by atoms with Gasteiger partial charge in [-0.2, -0.15) is 0 Å². The maximum atomic E-state index is 15.2. The number of carbonyl (C=O) groups is 1. The predicted octanol–water partition coefficient (Wildman–Crippen LogP) is 5.17. The molecule has 3 aliphatic rings. The monoisotopic (exact) mass is 687 g/mol. The molecule has 0 aliphatic carbocycles. The van der Waals surface area contributed by atoms with Gasteiger partial charge in [-0.05, 0) is 100 Å². The van der Waals surface area contributed by atoms with Crippen LogP contribution >= 0.6 is 0 Å². The number of imidazole rings is 2. The van der Waals surface area contributed by atoms with E-state index in [1.165, 1.54) is 0 Å². The maximum Gasteiger partial charge on any atom is 0.260 e. The van der Waals surface area contributed by atoms with Crippen LogP contribution in [0.3, 0.4) is 0 Å². The normalized spacial score (nSPS) is 18.4. The minimum absolute atomic E-state index is 0.134. The van der Waals surface area contributed by atoms with Gasteiger partial charge in [-0.1, -0.05) is 12.1 Å². The van der Waals surface area contributed by atoms with Gasteiger partial charge in [0.1, 0.15) is 22.4 Å². The minimum atomic E-state index is -1.72. The second-order valence-corrected chi connectivity index (χ2v) is 13.5. The minimum Gasteiger partial charge on any atom is -0.340 e. The highest BCUT2D eigenvalue weighted by atomic mass is 19.1. The molecule has 0 spiro atoms. The smallest absolute Gasteiger partial charge is 0.260 e. The molecule has 0 bridgehead atoms. The molecule has 9 heterocycles. The summed E-state index contributed by atoms with van der Waals surface area (Å²) in [5.74, 6) is 1.37. The van der Waals surface area contributed by atoms with Crippen LogP contribution in [0.15, 0.2) is 85.5 Å². The van der Waals surface area contributed by atoms with Crippen molar-refractivity contribution in [3.05, 3.63) is 85.5 Å². The van der Waals surface area contributed by atoms with Crippen molar-refractivity contribution in [3.63, 3.8) is 0 Å². The Morgan fingerprint density at radius 2 is 1.12 bits per heavy atom. The lowest BCUT2D eigenvalue weighted by atomic mass is 9.91. The molecule has 3 fully saturated rings. The van der Waals surface area contributed by atoms with Gasteiger partial charge in [0.05, 0.1) is 0 Å². The van der Waals surface area contributed by atoms with Gasteiger partial charge < -0.3 is 24.7 Å². The Bertz CT molecular complexity index is 2080. The topological polar surface area (TPSA) is 132 Å². The van der Waals surface area contributed by atoms with E-state index in [4.69, 9.17) is 9.97 Å². The Kier molecular flexibility index (Phi) is 9.46. The fourth-order valence-corrected chi connectivity index (χ4v) is 7.61.